The molecule has 0 bridgehead atoms. The van der Waals surface area contributed by atoms with Crippen LogP contribution in [0.2, 0.25) is 0 Å². The van der Waals surface area contributed by atoms with Gasteiger partial charge in [-0.05, 0) is 71.3 Å². The van der Waals surface area contributed by atoms with Crippen molar-refractivity contribution in [2.45, 2.75) is 57.5 Å². The van der Waals surface area contributed by atoms with Crippen LogP contribution in [0.3, 0.4) is 0 Å². The van der Waals surface area contributed by atoms with E-state index in [9.17, 15) is 4.79 Å². The van der Waals surface area contributed by atoms with E-state index in [1.54, 1.807) is 0 Å². The number of aryl methyl sites for hydroxylation is 1. The summed E-state index contributed by atoms with van der Waals surface area (Å²) in [6.45, 7) is 12.4. The van der Waals surface area contributed by atoms with Crippen molar-refractivity contribution in [2.75, 3.05) is 63.2 Å². The summed E-state index contributed by atoms with van der Waals surface area (Å²) in [6.07, 6.45) is 6.67. The molecule has 0 saturated carbocycles. The van der Waals surface area contributed by atoms with Gasteiger partial charge in [0.25, 0.3) is 0 Å². The lowest BCUT2D eigenvalue weighted by Gasteiger charge is -2.41. The minimum atomic E-state index is -0.143. The Morgan fingerprint density at radius 1 is 1.13 bits per heavy atom. The van der Waals surface area contributed by atoms with Crippen LogP contribution in [0.25, 0.3) is 0 Å². The van der Waals surface area contributed by atoms with E-state index in [0.29, 0.717) is 31.7 Å². The van der Waals surface area contributed by atoms with Crippen LogP contribution in [0.5, 0.6) is 6.01 Å². The molecular weight excluding hydrogens is 476 g/mol. The average molecular weight is 519 g/mol. The standard InChI is InChI=1S/C30H42N6O2/c1-6-27(37)34-16-18-35(19-17-34)28-24-14-13-23(36-15-9-11-22-10-7-8-12-26(22)36)20-25(24)31-29(32-28)38-21-30(2,3)33(4)5/h6-8,10,12,23H,1,9,11,13-21H2,2-5H3. The summed E-state index contributed by atoms with van der Waals surface area (Å²) in [6, 6.07) is 9.73. The van der Waals surface area contributed by atoms with Crippen LogP contribution in [-0.2, 0) is 24.1 Å². The summed E-state index contributed by atoms with van der Waals surface area (Å²) in [5, 5.41) is 0. The number of piperazine rings is 1. The van der Waals surface area contributed by atoms with Gasteiger partial charge in [-0.2, -0.15) is 9.97 Å². The Morgan fingerprint density at radius 2 is 1.89 bits per heavy atom. The second-order valence-electron chi connectivity index (χ2n) is 11.6. The summed E-state index contributed by atoms with van der Waals surface area (Å²) < 4.78 is 6.26. The zero-order valence-corrected chi connectivity index (χ0v) is 23.4. The Kier molecular flexibility index (Phi) is 7.61. The van der Waals surface area contributed by atoms with E-state index in [-0.39, 0.29) is 11.4 Å². The topological polar surface area (TPSA) is 65.0 Å². The molecule has 3 aliphatic rings. The molecule has 204 valence electrons. The van der Waals surface area contributed by atoms with Crippen molar-refractivity contribution in [1.29, 1.82) is 0 Å². The molecule has 1 aromatic heterocycles. The first-order valence-electron chi connectivity index (χ1n) is 14.0. The van der Waals surface area contributed by atoms with Crippen molar-refractivity contribution in [3.8, 4) is 6.01 Å². The van der Waals surface area contributed by atoms with Crippen molar-refractivity contribution in [3.05, 3.63) is 53.7 Å². The van der Waals surface area contributed by atoms with Crippen LogP contribution in [0.1, 0.15) is 43.5 Å². The number of rotatable bonds is 7. The minimum absolute atomic E-state index is 0.00559. The number of ether oxygens (including phenoxy) is 1. The number of amides is 1. The van der Waals surface area contributed by atoms with E-state index >= 15 is 0 Å². The molecule has 5 rings (SSSR count). The van der Waals surface area contributed by atoms with Gasteiger partial charge in [0.2, 0.25) is 5.91 Å². The van der Waals surface area contributed by atoms with Gasteiger partial charge in [0.1, 0.15) is 12.4 Å². The van der Waals surface area contributed by atoms with Gasteiger partial charge in [0, 0.05) is 62.0 Å². The first-order valence-corrected chi connectivity index (χ1v) is 14.0. The van der Waals surface area contributed by atoms with Crippen molar-refractivity contribution >= 4 is 17.4 Å². The maximum absolute atomic E-state index is 12.1. The first kappa shape index (κ1) is 26.5. The molecular formula is C30H42N6O2. The van der Waals surface area contributed by atoms with Gasteiger partial charge >= 0.3 is 6.01 Å². The molecule has 1 fully saturated rings. The third-order valence-corrected chi connectivity index (χ3v) is 8.62. The van der Waals surface area contributed by atoms with Gasteiger partial charge < -0.3 is 24.3 Å². The molecule has 1 atom stereocenters. The molecule has 1 saturated heterocycles. The van der Waals surface area contributed by atoms with Crippen LogP contribution < -0.4 is 14.5 Å². The van der Waals surface area contributed by atoms with Gasteiger partial charge in [0.05, 0.1) is 5.69 Å². The Labute approximate surface area is 227 Å². The minimum Gasteiger partial charge on any atom is -0.461 e. The SMILES string of the molecule is C=CC(=O)N1CCN(c2nc(OCC(C)(C)N(C)C)nc3c2CCC(N2CCCc4ccccc42)C3)CC1. The number of aromatic nitrogens is 2. The number of hydrogen-bond donors (Lipinski definition) is 0. The van der Waals surface area contributed by atoms with Crippen molar-refractivity contribution in [1.82, 2.24) is 19.8 Å². The molecule has 8 heteroatoms. The smallest absolute Gasteiger partial charge is 0.318 e. The third-order valence-electron chi connectivity index (χ3n) is 8.62. The fourth-order valence-electron chi connectivity index (χ4n) is 5.73. The zero-order valence-electron chi connectivity index (χ0n) is 23.4. The van der Waals surface area contributed by atoms with Gasteiger partial charge in [0.15, 0.2) is 0 Å². The number of fused-ring (bicyclic) bond motifs is 2. The maximum atomic E-state index is 12.1. The van der Waals surface area contributed by atoms with Gasteiger partial charge in [-0.25, -0.2) is 0 Å². The van der Waals surface area contributed by atoms with E-state index in [1.165, 1.54) is 29.3 Å². The number of anilines is 2. The normalized spacial score (nSPS) is 19.7. The fourth-order valence-corrected chi connectivity index (χ4v) is 5.73. The van der Waals surface area contributed by atoms with E-state index in [1.807, 2.05) is 4.90 Å². The molecule has 0 N–H and O–H groups in total. The van der Waals surface area contributed by atoms with Gasteiger partial charge in [-0.15, -0.1) is 0 Å². The van der Waals surface area contributed by atoms with E-state index in [4.69, 9.17) is 14.7 Å². The van der Waals surface area contributed by atoms with Gasteiger partial charge in [-0.3, -0.25) is 4.79 Å². The van der Waals surface area contributed by atoms with Crippen LogP contribution in [0, 0.1) is 0 Å². The lowest BCUT2D eigenvalue weighted by molar-refractivity contribution is -0.126. The van der Waals surface area contributed by atoms with Crippen molar-refractivity contribution < 1.29 is 9.53 Å². The van der Waals surface area contributed by atoms with E-state index in [2.05, 4.69) is 73.5 Å². The summed E-state index contributed by atoms with van der Waals surface area (Å²) in [7, 11) is 4.13. The molecule has 1 aromatic carbocycles. The molecule has 0 spiro atoms. The molecule has 8 nitrogen and oxygen atoms in total. The Morgan fingerprint density at radius 3 is 2.63 bits per heavy atom. The zero-order chi connectivity index (χ0) is 26.9. The highest BCUT2D eigenvalue weighted by atomic mass is 16.5. The third kappa shape index (κ3) is 5.37. The average Bonchev–Trinajstić information content (AvgIpc) is 2.94. The van der Waals surface area contributed by atoms with Crippen LogP contribution >= 0.6 is 0 Å². The van der Waals surface area contributed by atoms with Crippen LogP contribution in [0.4, 0.5) is 11.5 Å². The highest BCUT2D eigenvalue weighted by Gasteiger charge is 2.33. The summed E-state index contributed by atoms with van der Waals surface area (Å²) >= 11 is 0. The second-order valence-corrected chi connectivity index (χ2v) is 11.6. The highest BCUT2D eigenvalue weighted by Crippen LogP contribution is 2.36. The fraction of sp³-hybridized carbons (Fsp3) is 0.567. The maximum Gasteiger partial charge on any atom is 0.318 e. The number of carbonyl (C=O) groups excluding carboxylic acids is 1. The lowest BCUT2D eigenvalue weighted by Crippen LogP contribution is -2.49. The summed E-state index contributed by atoms with van der Waals surface area (Å²) in [5.74, 6) is 0.977. The molecule has 38 heavy (non-hydrogen) atoms. The molecule has 2 aromatic rings. The molecule has 1 amide bonds. The van der Waals surface area contributed by atoms with Crippen LogP contribution in [0.15, 0.2) is 36.9 Å². The number of benzene rings is 1. The Balaban J connectivity index is 1.42. The molecule has 2 aliphatic heterocycles. The number of likely N-dealkylation sites (N-methyl/N-ethyl adjacent to an activating group) is 1. The van der Waals surface area contributed by atoms with Gasteiger partial charge in [-0.1, -0.05) is 24.8 Å². The highest BCUT2D eigenvalue weighted by molar-refractivity contribution is 5.87. The second kappa shape index (κ2) is 10.9. The Bertz CT molecular complexity index is 1170. The first-order chi connectivity index (χ1) is 18.3. The largest absolute Gasteiger partial charge is 0.461 e. The molecule has 0 radical (unpaired) electrons. The quantitative estimate of drug-likeness (QED) is 0.521. The number of nitrogens with zero attached hydrogens (tertiary/aromatic N) is 6. The number of para-hydroxylation sites is 1. The predicted molar refractivity (Wildman–Crippen MR) is 152 cm³/mol. The number of hydrogen-bond acceptors (Lipinski definition) is 7. The molecule has 1 unspecified atom stereocenters. The summed E-state index contributed by atoms with van der Waals surface area (Å²) in [4.78, 5) is 31.1. The molecule has 1 aliphatic carbocycles. The lowest BCUT2D eigenvalue weighted by atomic mass is 9.88. The van der Waals surface area contributed by atoms with Crippen molar-refractivity contribution in [2.24, 2.45) is 0 Å². The Hall–Kier alpha value is -3.13. The van der Waals surface area contributed by atoms with E-state index < -0.39 is 0 Å². The summed E-state index contributed by atoms with van der Waals surface area (Å²) in [5.41, 5.74) is 5.05. The predicted octanol–water partition coefficient (Wildman–Crippen LogP) is 3.34. The van der Waals surface area contributed by atoms with Crippen molar-refractivity contribution in [3.63, 3.8) is 0 Å². The number of carbonyl (C=O) groups is 1. The molecule has 3 heterocycles. The van der Waals surface area contributed by atoms with E-state index in [0.717, 1.165) is 56.8 Å². The monoisotopic (exact) mass is 518 g/mol. The van der Waals surface area contributed by atoms with Crippen LogP contribution in [-0.4, -0.2) is 90.7 Å².